The molecule has 0 saturated heterocycles. The van der Waals surface area contributed by atoms with Crippen molar-refractivity contribution in [3.8, 4) is 5.75 Å². The summed E-state index contributed by atoms with van der Waals surface area (Å²) in [6, 6.07) is 7.11. The van der Waals surface area contributed by atoms with E-state index in [1.165, 1.54) is 0 Å². The number of carbonyl (C=O) groups excluding carboxylic acids is 1. The Bertz CT molecular complexity index is 413. The number of ether oxygens (including phenoxy) is 1. The zero-order valence-corrected chi connectivity index (χ0v) is 13.7. The Morgan fingerprint density at radius 3 is 2.38 bits per heavy atom. The highest BCUT2D eigenvalue weighted by Gasteiger charge is 2.14. The molecule has 1 N–H and O–H groups in total. The second kappa shape index (κ2) is 9.53. The maximum absolute atomic E-state index is 12.3. The first-order valence-electron chi connectivity index (χ1n) is 7.76. The van der Waals surface area contributed by atoms with E-state index < -0.39 is 0 Å². The van der Waals surface area contributed by atoms with E-state index in [0.29, 0.717) is 0 Å². The van der Waals surface area contributed by atoms with Gasteiger partial charge in [0.25, 0.3) is 0 Å². The summed E-state index contributed by atoms with van der Waals surface area (Å²) in [6.07, 6.45) is 1.06. The van der Waals surface area contributed by atoms with Gasteiger partial charge in [0.05, 0.1) is 13.2 Å². The van der Waals surface area contributed by atoms with Gasteiger partial charge in [0.1, 0.15) is 5.75 Å². The summed E-state index contributed by atoms with van der Waals surface area (Å²) in [5, 5.41) is 3.31. The molecule has 4 nitrogen and oxygen atoms in total. The minimum atomic E-state index is -0.157. The number of benzene rings is 1. The first kappa shape index (κ1) is 17.7. The predicted molar refractivity (Wildman–Crippen MR) is 87.2 cm³/mol. The molecule has 0 aliphatic rings. The Labute approximate surface area is 128 Å². The molecule has 118 valence electrons. The largest absolute Gasteiger partial charge is 0.497 e. The van der Waals surface area contributed by atoms with Crippen LogP contribution in [-0.4, -0.2) is 50.0 Å². The van der Waals surface area contributed by atoms with Crippen LogP contribution in [0.5, 0.6) is 5.75 Å². The molecule has 0 bridgehead atoms. The standard InChI is InChI=1S/C17H28N2O2/c1-5-19(6-2)13-7-12-18-14(3)17(20)15-8-10-16(21-4)11-9-15/h8-11,14,18H,5-7,12-13H2,1-4H3. The van der Waals surface area contributed by atoms with E-state index in [2.05, 4.69) is 24.1 Å². The normalized spacial score (nSPS) is 12.4. The third kappa shape index (κ3) is 5.86. The molecule has 1 rings (SSSR count). The van der Waals surface area contributed by atoms with Crippen molar-refractivity contribution in [1.29, 1.82) is 0 Å². The van der Waals surface area contributed by atoms with Gasteiger partial charge in [-0.25, -0.2) is 0 Å². The molecule has 0 amide bonds. The molecule has 0 aliphatic carbocycles. The maximum atomic E-state index is 12.3. The lowest BCUT2D eigenvalue weighted by atomic mass is 10.1. The Kier molecular flexibility index (Phi) is 8.01. The molecule has 1 unspecified atom stereocenters. The number of rotatable bonds is 10. The van der Waals surface area contributed by atoms with Gasteiger partial charge in [-0.3, -0.25) is 4.79 Å². The predicted octanol–water partition coefficient (Wildman–Crippen LogP) is 2.59. The minimum Gasteiger partial charge on any atom is -0.497 e. The number of hydrogen-bond donors (Lipinski definition) is 1. The van der Waals surface area contributed by atoms with E-state index in [-0.39, 0.29) is 11.8 Å². The quantitative estimate of drug-likeness (QED) is 0.531. The van der Waals surface area contributed by atoms with Gasteiger partial charge in [-0.2, -0.15) is 0 Å². The molecule has 0 spiro atoms. The summed E-state index contributed by atoms with van der Waals surface area (Å²) < 4.78 is 5.10. The van der Waals surface area contributed by atoms with Gasteiger partial charge in [0.15, 0.2) is 5.78 Å². The van der Waals surface area contributed by atoms with Crippen LogP contribution in [-0.2, 0) is 0 Å². The molecular weight excluding hydrogens is 264 g/mol. The fourth-order valence-corrected chi connectivity index (χ4v) is 2.26. The van der Waals surface area contributed by atoms with Crippen molar-refractivity contribution in [2.24, 2.45) is 0 Å². The number of carbonyl (C=O) groups is 1. The zero-order chi connectivity index (χ0) is 15.7. The van der Waals surface area contributed by atoms with Crippen molar-refractivity contribution in [3.05, 3.63) is 29.8 Å². The molecule has 1 aromatic rings. The van der Waals surface area contributed by atoms with Crippen molar-refractivity contribution in [2.75, 3.05) is 33.3 Å². The average Bonchev–Trinajstić information content (AvgIpc) is 2.54. The van der Waals surface area contributed by atoms with Crippen molar-refractivity contribution in [2.45, 2.75) is 33.2 Å². The Hall–Kier alpha value is -1.39. The minimum absolute atomic E-state index is 0.125. The summed E-state index contributed by atoms with van der Waals surface area (Å²) in [7, 11) is 1.62. The van der Waals surface area contributed by atoms with E-state index in [9.17, 15) is 4.79 Å². The number of methoxy groups -OCH3 is 1. The van der Waals surface area contributed by atoms with Gasteiger partial charge in [-0.05, 0) is 63.8 Å². The monoisotopic (exact) mass is 292 g/mol. The van der Waals surface area contributed by atoms with Crippen LogP contribution >= 0.6 is 0 Å². The van der Waals surface area contributed by atoms with Crippen molar-refractivity contribution in [3.63, 3.8) is 0 Å². The molecule has 1 atom stereocenters. The fraction of sp³-hybridized carbons (Fsp3) is 0.588. The first-order chi connectivity index (χ1) is 10.1. The van der Waals surface area contributed by atoms with Crippen LogP contribution in [0.2, 0.25) is 0 Å². The molecule has 1 aromatic carbocycles. The number of nitrogens with one attached hydrogen (secondary N) is 1. The van der Waals surface area contributed by atoms with E-state index >= 15 is 0 Å². The summed E-state index contributed by atoms with van der Waals surface area (Å²) in [4.78, 5) is 14.7. The average molecular weight is 292 g/mol. The topological polar surface area (TPSA) is 41.6 Å². The van der Waals surface area contributed by atoms with Gasteiger partial charge in [-0.1, -0.05) is 13.8 Å². The van der Waals surface area contributed by atoms with Crippen molar-refractivity contribution >= 4 is 5.78 Å². The number of Topliss-reactive ketones (excluding diaryl/α,β-unsaturated/α-hetero) is 1. The Morgan fingerprint density at radius 1 is 1.24 bits per heavy atom. The second-order valence-electron chi connectivity index (χ2n) is 5.15. The molecule has 0 heterocycles. The van der Waals surface area contributed by atoms with Crippen molar-refractivity contribution < 1.29 is 9.53 Å². The fourth-order valence-electron chi connectivity index (χ4n) is 2.26. The van der Waals surface area contributed by atoms with Gasteiger partial charge >= 0.3 is 0 Å². The third-order valence-corrected chi connectivity index (χ3v) is 3.76. The lowest BCUT2D eigenvalue weighted by Crippen LogP contribution is -2.36. The molecule has 0 saturated carbocycles. The van der Waals surface area contributed by atoms with Crippen molar-refractivity contribution in [1.82, 2.24) is 10.2 Å². The lowest BCUT2D eigenvalue weighted by molar-refractivity contribution is 0.0950. The molecule has 0 radical (unpaired) electrons. The summed E-state index contributed by atoms with van der Waals surface area (Å²) >= 11 is 0. The van der Waals surface area contributed by atoms with Crippen LogP contribution in [0.4, 0.5) is 0 Å². The van der Waals surface area contributed by atoms with Gasteiger partial charge in [0.2, 0.25) is 0 Å². The molecule has 4 heteroatoms. The highest BCUT2D eigenvalue weighted by molar-refractivity contribution is 5.99. The first-order valence-corrected chi connectivity index (χ1v) is 7.76. The second-order valence-corrected chi connectivity index (χ2v) is 5.15. The van der Waals surface area contributed by atoms with Crippen LogP contribution in [0, 0.1) is 0 Å². The van der Waals surface area contributed by atoms with Crippen LogP contribution in [0.3, 0.4) is 0 Å². The van der Waals surface area contributed by atoms with E-state index in [4.69, 9.17) is 4.74 Å². The molecular formula is C17H28N2O2. The summed E-state index contributed by atoms with van der Waals surface area (Å²) in [6.45, 7) is 10.4. The van der Waals surface area contributed by atoms with Crippen LogP contribution in [0.1, 0.15) is 37.6 Å². The van der Waals surface area contributed by atoms with Crippen LogP contribution in [0.15, 0.2) is 24.3 Å². The maximum Gasteiger partial charge on any atom is 0.179 e. The molecule has 0 aliphatic heterocycles. The Balaban J connectivity index is 2.36. The molecule has 0 fully saturated rings. The van der Waals surface area contributed by atoms with Gasteiger partial charge in [0, 0.05) is 5.56 Å². The zero-order valence-electron chi connectivity index (χ0n) is 13.7. The van der Waals surface area contributed by atoms with E-state index in [1.807, 2.05) is 31.2 Å². The van der Waals surface area contributed by atoms with Gasteiger partial charge < -0.3 is 15.0 Å². The third-order valence-electron chi connectivity index (χ3n) is 3.76. The van der Waals surface area contributed by atoms with E-state index in [1.54, 1.807) is 7.11 Å². The van der Waals surface area contributed by atoms with Gasteiger partial charge in [-0.15, -0.1) is 0 Å². The highest BCUT2D eigenvalue weighted by Crippen LogP contribution is 2.12. The van der Waals surface area contributed by atoms with Crippen LogP contribution in [0.25, 0.3) is 0 Å². The summed E-state index contributed by atoms with van der Waals surface area (Å²) in [5.74, 6) is 0.895. The number of nitrogens with zero attached hydrogens (tertiary/aromatic N) is 1. The molecule has 0 aromatic heterocycles. The molecule has 21 heavy (non-hydrogen) atoms. The Morgan fingerprint density at radius 2 is 1.86 bits per heavy atom. The number of hydrogen-bond acceptors (Lipinski definition) is 4. The smallest absolute Gasteiger partial charge is 0.179 e. The highest BCUT2D eigenvalue weighted by atomic mass is 16.5. The van der Waals surface area contributed by atoms with Crippen LogP contribution < -0.4 is 10.1 Å². The lowest BCUT2D eigenvalue weighted by Gasteiger charge is -2.19. The SMILES string of the molecule is CCN(CC)CCCNC(C)C(=O)c1ccc(OC)cc1. The van der Waals surface area contributed by atoms with E-state index in [0.717, 1.165) is 43.9 Å². The summed E-state index contributed by atoms with van der Waals surface area (Å²) in [5.41, 5.74) is 0.722. The number of ketones is 1.